The number of nitrogens with one attached hydrogen (secondary N) is 2. The molecular formula is C22H24N4O2. The third-order valence-electron chi connectivity index (χ3n) is 4.31. The summed E-state index contributed by atoms with van der Waals surface area (Å²) < 4.78 is 5.32. The Bertz CT molecular complexity index is 926. The summed E-state index contributed by atoms with van der Waals surface area (Å²) in [5, 5.41) is 6.08. The molecule has 0 fully saturated rings. The van der Waals surface area contributed by atoms with Crippen molar-refractivity contribution in [1.82, 2.24) is 15.3 Å². The fourth-order valence-corrected chi connectivity index (χ4v) is 2.86. The summed E-state index contributed by atoms with van der Waals surface area (Å²) in [5.74, 6) is 1.21. The molecule has 0 saturated heterocycles. The highest BCUT2D eigenvalue weighted by Gasteiger charge is 2.08. The predicted molar refractivity (Wildman–Crippen MR) is 110 cm³/mol. The van der Waals surface area contributed by atoms with Crippen LogP contribution in [-0.4, -0.2) is 29.5 Å². The van der Waals surface area contributed by atoms with Gasteiger partial charge in [0.2, 0.25) is 0 Å². The first-order valence-corrected chi connectivity index (χ1v) is 9.17. The van der Waals surface area contributed by atoms with Crippen LogP contribution in [0.15, 0.2) is 60.9 Å². The lowest BCUT2D eigenvalue weighted by atomic mass is 10.1. The summed E-state index contributed by atoms with van der Waals surface area (Å²) in [4.78, 5) is 20.7. The Morgan fingerprint density at radius 3 is 2.68 bits per heavy atom. The fourth-order valence-electron chi connectivity index (χ4n) is 2.86. The number of methoxy groups -OCH3 is 1. The average molecular weight is 376 g/mol. The lowest BCUT2D eigenvalue weighted by molar-refractivity contribution is 0.0948. The number of benzene rings is 2. The van der Waals surface area contributed by atoms with E-state index < -0.39 is 0 Å². The number of ether oxygens (including phenoxy) is 1. The highest BCUT2D eigenvalue weighted by Crippen LogP contribution is 2.17. The van der Waals surface area contributed by atoms with Crippen LogP contribution in [0.25, 0.3) is 0 Å². The summed E-state index contributed by atoms with van der Waals surface area (Å²) in [5.41, 5.74) is 3.72. The van der Waals surface area contributed by atoms with Crippen molar-refractivity contribution in [2.24, 2.45) is 0 Å². The second-order valence-electron chi connectivity index (χ2n) is 6.45. The van der Waals surface area contributed by atoms with E-state index >= 15 is 0 Å². The van der Waals surface area contributed by atoms with E-state index in [0.29, 0.717) is 31.0 Å². The first-order valence-electron chi connectivity index (χ1n) is 9.17. The summed E-state index contributed by atoms with van der Waals surface area (Å²) in [6.07, 6.45) is 3.74. The van der Waals surface area contributed by atoms with Crippen molar-refractivity contribution in [1.29, 1.82) is 0 Å². The Hall–Kier alpha value is -3.41. The topological polar surface area (TPSA) is 76.1 Å². The number of carbonyl (C=O) groups is 1. The molecule has 0 spiro atoms. The van der Waals surface area contributed by atoms with Gasteiger partial charge in [-0.3, -0.25) is 4.79 Å². The van der Waals surface area contributed by atoms with Crippen molar-refractivity contribution in [3.63, 3.8) is 0 Å². The van der Waals surface area contributed by atoms with Gasteiger partial charge in [0.15, 0.2) is 0 Å². The average Bonchev–Trinajstić information content (AvgIpc) is 2.73. The van der Waals surface area contributed by atoms with Crippen molar-refractivity contribution >= 4 is 11.7 Å². The monoisotopic (exact) mass is 376 g/mol. The number of aromatic nitrogens is 2. The third kappa shape index (κ3) is 5.30. The molecule has 0 saturated carbocycles. The number of nitrogens with zero attached hydrogens (tertiary/aromatic N) is 2. The van der Waals surface area contributed by atoms with Crippen LogP contribution in [0.5, 0.6) is 5.75 Å². The summed E-state index contributed by atoms with van der Waals surface area (Å²) in [6, 6.07) is 16.0. The van der Waals surface area contributed by atoms with E-state index in [1.54, 1.807) is 13.3 Å². The van der Waals surface area contributed by atoms with E-state index in [1.807, 2.05) is 30.3 Å². The van der Waals surface area contributed by atoms with Gasteiger partial charge in [-0.1, -0.05) is 48.0 Å². The molecule has 3 rings (SSSR count). The SMILES string of the molecule is COc1ccccc1CCNC(=O)c1cnc(NCc2cccc(C)c2)cn1. The van der Waals surface area contributed by atoms with Gasteiger partial charge in [-0.05, 0) is 30.5 Å². The van der Waals surface area contributed by atoms with Crippen LogP contribution in [-0.2, 0) is 13.0 Å². The van der Waals surface area contributed by atoms with Crippen LogP contribution < -0.4 is 15.4 Å². The quantitative estimate of drug-likeness (QED) is 0.630. The van der Waals surface area contributed by atoms with Crippen molar-refractivity contribution in [3.8, 4) is 5.75 Å². The van der Waals surface area contributed by atoms with Gasteiger partial charge in [0, 0.05) is 13.1 Å². The van der Waals surface area contributed by atoms with Gasteiger partial charge in [-0.15, -0.1) is 0 Å². The minimum atomic E-state index is -0.243. The van der Waals surface area contributed by atoms with E-state index in [-0.39, 0.29) is 5.91 Å². The zero-order chi connectivity index (χ0) is 19.8. The standard InChI is InChI=1S/C22H24N4O2/c1-16-6-5-7-17(12-16)13-25-21-15-24-19(14-26-21)22(27)23-11-10-18-8-3-4-9-20(18)28-2/h3-9,12,14-15H,10-11,13H2,1-2H3,(H,23,27)(H,25,26). The first-order chi connectivity index (χ1) is 13.7. The van der Waals surface area contributed by atoms with Gasteiger partial charge < -0.3 is 15.4 Å². The maximum atomic E-state index is 12.3. The van der Waals surface area contributed by atoms with Crippen molar-refractivity contribution < 1.29 is 9.53 Å². The van der Waals surface area contributed by atoms with Crippen molar-refractivity contribution in [3.05, 3.63) is 83.3 Å². The summed E-state index contributed by atoms with van der Waals surface area (Å²) in [6.45, 7) is 3.21. The van der Waals surface area contributed by atoms with E-state index in [0.717, 1.165) is 11.3 Å². The number of anilines is 1. The Kier molecular flexibility index (Phi) is 6.57. The van der Waals surface area contributed by atoms with Crippen LogP contribution >= 0.6 is 0 Å². The number of carbonyl (C=O) groups excluding carboxylic acids is 1. The van der Waals surface area contributed by atoms with Gasteiger partial charge >= 0.3 is 0 Å². The second-order valence-corrected chi connectivity index (χ2v) is 6.45. The summed E-state index contributed by atoms with van der Waals surface area (Å²) in [7, 11) is 1.64. The van der Waals surface area contributed by atoms with Crippen LogP contribution in [0.1, 0.15) is 27.2 Å². The normalized spacial score (nSPS) is 10.4. The Morgan fingerprint density at radius 2 is 1.93 bits per heavy atom. The zero-order valence-corrected chi connectivity index (χ0v) is 16.1. The lowest BCUT2D eigenvalue weighted by Crippen LogP contribution is -2.26. The van der Waals surface area contributed by atoms with Gasteiger partial charge in [0.05, 0.1) is 19.5 Å². The predicted octanol–water partition coefficient (Wildman–Crippen LogP) is 3.38. The number of hydrogen-bond donors (Lipinski definition) is 2. The second kappa shape index (κ2) is 9.50. The number of aryl methyl sites for hydroxylation is 1. The molecule has 2 N–H and O–H groups in total. The molecule has 1 heterocycles. The summed E-state index contributed by atoms with van der Waals surface area (Å²) >= 11 is 0. The van der Waals surface area contributed by atoms with E-state index in [1.165, 1.54) is 17.3 Å². The molecule has 6 heteroatoms. The Morgan fingerprint density at radius 1 is 1.07 bits per heavy atom. The van der Waals surface area contributed by atoms with E-state index in [9.17, 15) is 4.79 Å². The highest BCUT2D eigenvalue weighted by molar-refractivity contribution is 5.92. The third-order valence-corrected chi connectivity index (χ3v) is 4.31. The van der Waals surface area contributed by atoms with E-state index in [2.05, 4.69) is 45.7 Å². The van der Waals surface area contributed by atoms with Crippen LogP contribution in [0, 0.1) is 6.92 Å². The molecule has 0 aliphatic heterocycles. The molecule has 0 bridgehead atoms. The smallest absolute Gasteiger partial charge is 0.271 e. The minimum absolute atomic E-state index is 0.243. The molecular weight excluding hydrogens is 352 g/mol. The van der Waals surface area contributed by atoms with Crippen LogP contribution in [0.2, 0.25) is 0 Å². The number of amides is 1. The zero-order valence-electron chi connectivity index (χ0n) is 16.1. The molecule has 6 nitrogen and oxygen atoms in total. The van der Waals surface area contributed by atoms with Gasteiger partial charge in [-0.2, -0.15) is 0 Å². The van der Waals surface area contributed by atoms with Gasteiger partial charge in [-0.25, -0.2) is 9.97 Å². The minimum Gasteiger partial charge on any atom is -0.496 e. The number of rotatable bonds is 8. The molecule has 0 unspecified atom stereocenters. The van der Waals surface area contributed by atoms with E-state index in [4.69, 9.17) is 4.74 Å². The van der Waals surface area contributed by atoms with Crippen LogP contribution in [0.4, 0.5) is 5.82 Å². The molecule has 3 aromatic rings. The molecule has 28 heavy (non-hydrogen) atoms. The molecule has 144 valence electrons. The molecule has 0 atom stereocenters. The van der Waals surface area contributed by atoms with Gasteiger partial charge in [0.1, 0.15) is 17.3 Å². The Labute approximate surface area is 165 Å². The molecule has 0 aliphatic rings. The molecule has 0 aliphatic carbocycles. The van der Waals surface area contributed by atoms with Crippen LogP contribution in [0.3, 0.4) is 0 Å². The fraction of sp³-hybridized carbons (Fsp3) is 0.227. The molecule has 0 radical (unpaired) electrons. The maximum Gasteiger partial charge on any atom is 0.271 e. The number of para-hydroxylation sites is 1. The maximum absolute atomic E-state index is 12.3. The Balaban J connectivity index is 1.49. The lowest BCUT2D eigenvalue weighted by Gasteiger charge is -2.09. The van der Waals surface area contributed by atoms with Crippen molar-refractivity contribution in [2.75, 3.05) is 19.0 Å². The molecule has 1 amide bonds. The molecule has 1 aromatic heterocycles. The molecule has 2 aromatic carbocycles. The largest absolute Gasteiger partial charge is 0.496 e. The first kappa shape index (κ1) is 19.4. The van der Waals surface area contributed by atoms with Crippen molar-refractivity contribution in [2.45, 2.75) is 19.9 Å². The number of hydrogen-bond acceptors (Lipinski definition) is 5. The highest BCUT2D eigenvalue weighted by atomic mass is 16.5. The van der Waals surface area contributed by atoms with Gasteiger partial charge in [0.25, 0.3) is 5.91 Å².